The van der Waals surface area contributed by atoms with Crippen molar-refractivity contribution < 1.29 is 23.3 Å². The maximum absolute atomic E-state index is 14.8. The fourth-order valence-corrected chi connectivity index (χ4v) is 10.2. The van der Waals surface area contributed by atoms with Gasteiger partial charge in [0.1, 0.15) is 24.4 Å². The summed E-state index contributed by atoms with van der Waals surface area (Å²) >= 11 is 3.62. The van der Waals surface area contributed by atoms with E-state index in [4.69, 9.17) is 4.74 Å². The Morgan fingerprint density at radius 1 is 1.13 bits per heavy atom. The molecule has 12 heteroatoms. The first-order valence-electron chi connectivity index (χ1n) is 15.4. The summed E-state index contributed by atoms with van der Waals surface area (Å²) in [6.07, 6.45) is 4.74. The Morgan fingerprint density at radius 2 is 1.87 bits per heavy atom. The molecule has 0 radical (unpaired) electrons. The number of thioether (sulfide) groups is 1. The number of nitrogens with zero attached hydrogens (tertiary/aromatic N) is 3. The van der Waals surface area contributed by atoms with E-state index in [0.29, 0.717) is 16.3 Å². The molecular weight excluding hydrogens is 748 g/mol. The van der Waals surface area contributed by atoms with Gasteiger partial charge in [-0.25, -0.2) is 9.18 Å². The largest absolute Gasteiger partial charge is 0.447 e. The van der Waals surface area contributed by atoms with E-state index in [1.165, 1.54) is 6.07 Å². The zero-order chi connectivity index (χ0) is 32.2. The molecule has 8 rings (SSSR count). The SMILES string of the molecule is C[N+]1=CS(=NC(=O)OCC2c3ccccc3-c3ccccc32)c2cn(C(=O)C3=C(Nc4ccc(I)cc4F)SC4NCCC[C@@H]34)cc21. The van der Waals surface area contributed by atoms with E-state index in [1.54, 1.807) is 34.8 Å². The minimum atomic E-state index is -0.928. The van der Waals surface area contributed by atoms with Gasteiger partial charge in [-0.15, -0.1) is 4.36 Å². The molecule has 0 bridgehead atoms. The van der Waals surface area contributed by atoms with Crippen LogP contribution in [0.4, 0.5) is 20.6 Å². The Hall–Kier alpha value is -3.59. The molecule has 0 saturated carbocycles. The van der Waals surface area contributed by atoms with Crippen molar-refractivity contribution in [1.82, 2.24) is 9.88 Å². The van der Waals surface area contributed by atoms with Crippen LogP contribution >= 0.6 is 34.4 Å². The standard InChI is InChI=1S/C35H29FIN5O3S2/c1-41-19-47(40-35(44)45-18-26-23-9-4-2-7-21(23)22-8-3-5-10-24(22)26)30-17-42(16-29(30)41)34(43)31-25-11-6-14-38-32(25)46-33(31)39-28-13-12-20(37)15-27(28)36/h2-5,7-10,12-13,15-17,19,25-26,32,38H,6,11,14,18H2,1H3/p+1/t25-,32?,47?/m0/s1. The van der Waals surface area contributed by atoms with Gasteiger partial charge in [0.05, 0.1) is 27.9 Å². The quantitative estimate of drug-likeness (QED) is 0.160. The number of hydrogen-bond acceptors (Lipinski definition) is 6. The monoisotopic (exact) mass is 778 g/mol. The van der Waals surface area contributed by atoms with Crippen molar-refractivity contribution in [1.29, 1.82) is 0 Å². The molecule has 4 aliphatic rings. The van der Waals surface area contributed by atoms with Crippen molar-refractivity contribution >= 4 is 74.0 Å². The number of anilines is 1. The highest BCUT2D eigenvalue weighted by Gasteiger charge is 2.42. The number of benzene rings is 3. The fraction of sp³-hybridized carbons (Fsp3) is 0.229. The average Bonchev–Trinajstić information content (AvgIpc) is 3.82. The van der Waals surface area contributed by atoms with Crippen LogP contribution in [-0.2, 0) is 15.4 Å². The first-order chi connectivity index (χ1) is 22.9. The van der Waals surface area contributed by atoms with Crippen LogP contribution in [0.1, 0.15) is 34.7 Å². The second-order valence-corrected chi connectivity index (χ2v) is 15.7. The van der Waals surface area contributed by atoms with Gasteiger partial charge in [0.25, 0.3) is 5.91 Å². The lowest BCUT2D eigenvalue weighted by Crippen LogP contribution is -2.38. The Labute approximate surface area is 291 Å². The Bertz CT molecular complexity index is 2030. The van der Waals surface area contributed by atoms with Crippen molar-refractivity contribution in [3.8, 4) is 11.1 Å². The van der Waals surface area contributed by atoms with Gasteiger partial charge in [0.15, 0.2) is 0 Å². The molecule has 0 spiro atoms. The molecule has 3 aliphatic heterocycles. The first-order valence-corrected chi connectivity index (χ1v) is 18.6. The molecule has 1 aliphatic carbocycles. The lowest BCUT2D eigenvalue weighted by molar-refractivity contribution is -0.397. The maximum Gasteiger partial charge on any atom is 0.440 e. The van der Waals surface area contributed by atoms with E-state index < -0.39 is 16.8 Å². The molecule has 1 saturated heterocycles. The van der Waals surface area contributed by atoms with Crippen molar-refractivity contribution in [3.63, 3.8) is 0 Å². The van der Waals surface area contributed by atoms with Crippen molar-refractivity contribution in [3.05, 3.63) is 110 Å². The highest BCUT2D eigenvalue weighted by molar-refractivity contribution is 14.1. The number of hydrogen-bond donors (Lipinski definition) is 2. The third-order valence-electron chi connectivity index (χ3n) is 9.05. The zero-order valence-electron chi connectivity index (χ0n) is 25.3. The van der Waals surface area contributed by atoms with E-state index in [2.05, 4.69) is 61.9 Å². The fourth-order valence-electron chi connectivity index (χ4n) is 6.85. The number of fused-ring (bicyclic) bond motifs is 5. The molecule has 47 heavy (non-hydrogen) atoms. The predicted octanol–water partition coefficient (Wildman–Crippen LogP) is 7.69. The van der Waals surface area contributed by atoms with Gasteiger partial charge in [-0.1, -0.05) is 60.3 Å². The van der Waals surface area contributed by atoms with Crippen LogP contribution in [0.2, 0.25) is 0 Å². The average molecular weight is 779 g/mol. The number of ether oxygens (including phenoxy) is 1. The van der Waals surface area contributed by atoms with E-state index in [9.17, 15) is 14.0 Å². The molecule has 4 aromatic rings. The van der Waals surface area contributed by atoms with Gasteiger partial charge in [-0.05, 0) is 82.4 Å². The molecule has 3 atom stereocenters. The van der Waals surface area contributed by atoms with Gasteiger partial charge in [-0.2, -0.15) is 4.58 Å². The van der Waals surface area contributed by atoms with E-state index in [-0.39, 0.29) is 35.5 Å². The number of aromatic nitrogens is 1. The zero-order valence-corrected chi connectivity index (χ0v) is 29.1. The molecular formula is C35H30FIN5O3S2+. The highest BCUT2D eigenvalue weighted by atomic mass is 127. The van der Waals surface area contributed by atoms with Crippen molar-refractivity contribution in [2.45, 2.75) is 29.0 Å². The topological polar surface area (TPSA) is 87.7 Å². The van der Waals surface area contributed by atoms with Gasteiger partial charge in [0.2, 0.25) is 11.2 Å². The summed E-state index contributed by atoms with van der Waals surface area (Å²) in [5.41, 5.74) is 8.27. The number of amides is 1. The smallest absolute Gasteiger partial charge is 0.440 e. The molecule has 1 amide bonds. The number of nitrogens with one attached hydrogen (secondary N) is 2. The van der Waals surface area contributed by atoms with Crippen LogP contribution in [0.3, 0.4) is 0 Å². The van der Waals surface area contributed by atoms with Crippen LogP contribution in [0.15, 0.2) is 99.0 Å². The number of carbonyl (C=O) groups is 2. The normalized spacial score (nSPS) is 21.3. The summed E-state index contributed by atoms with van der Waals surface area (Å²) in [6.45, 7) is 1.06. The van der Waals surface area contributed by atoms with Gasteiger partial charge >= 0.3 is 6.09 Å². The van der Waals surface area contributed by atoms with E-state index in [0.717, 1.165) is 55.8 Å². The molecule has 2 unspecified atom stereocenters. The molecule has 1 aromatic heterocycles. The van der Waals surface area contributed by atoms with Crippen LogP contribution in [0.25, 0.3) is 11.1 Å². The van der Waals surface area contributed by atoms with Crippen molar-refractivity contribution in [2.75, 3.05) is 25.5 Å². The van der Waals surface area contributed by atoms with Crippen LogP contribution < -0.4 is 10.6 Å². The maximum atomic E-state index is 14.8. The predicted molar refractivity (Wildman–Crippen MR) is 192 cm³/mol. The summed E-state index contributed by atoms with van der Waals surface area (Å²) in [4.78, 5) is 28.1. The summed E-state index contributed by atoms with van der Waals surface area (Å²) in [5, 5.41) is 7.45. The number of carbonyl (C=O) groups excluding carboxylic acids is 2. The molecule has 3 aromatic carbocycles. The number of piperidine rings is 1. The molecule has 238 valence electrons. The lowest BCUT2D eigenvalue weighted by Gasteiger charge is -2.27. The highest BCUT2D eigenvalue weighted by Crippen LogP contribution is 2.47. The van der Waals surface area contributed by atoms with E-state index >= 15 is 0 Å². The summed E-state index contributed by atoms with van der Waals surface area (Å²) in [5.74, 6) is -0.605. The van der Waals surface area contributed by atoms with Crippen molar-refractivity contribution in [2.24, 2.45) is 10.3 Å². The summed E-state index contributed by atoms with van der Waals surface area (Å²) < 4.78 is 29.3. The third-order valence-corrected chi connectivity index (χ3v) is 12.7. The first kappa shape index (κ1) is 30.7. The molecule has 4 heterocycles. The van der Waals surface area contributed by atoms with Gasteiger partial charge in [0, 0.05) is 32.3 Å². The third kappa shape index (κ3) is 5.58. The second-order valence-electron chi connectivity index (χ2n) is 11.9. The second kappa shape index (κ2) is 12.5. The van der Waals surface area contributed by atoms with Crippen LogP contribution in [0.5, 0.6) is 0 Å². The van der Waals surface area contributed by atoms with Crippen LogP contribution in [0, 0.1) is 15.3 Å². The molecule has 8 nitrogen and oxygen atoms in total. The summed E-state index contributed by atoms with van der Waals surface area (Å²) in [6, 6.07) is 21.4. The molecule has 2 N–H and O–H groups in total. The van der Waals surface area contributed by atoms with Gasteiger partial charge in [-0.3, -0.25) is 9.36 Å². The minimum absolute atomic E-state index is 0.0130. The molecule has 1 fully saturated rings. The van der Waals surface area contributed by atoms with Crippen LogP contribution in [-0.4, -0.2) is 52.3 Å². The lowest BCUT2D eigenvalue weighted by atomic mass is 9.91. The summed E-state index contributed by atoms with van der Waals surface area (Å²) in [7, 11) is 0.953. The minimum Gasteiger partial charge on any atom is -0.447 e. The van der Waals surface area contributed by atoms with E-state index in [1.807, 2.05) is 47.5 Å². The Balaban J connectivity index is 1.05. The number of rotatable bonds is 5. The Kier molecular flexibility index (Phi) is 8.14. The Morgan fingerprint density at radius 3 is 2.62 bits per heavy atom. The van der Waals surface area contributed by atoms with Gasteiger partial charge < -0.3 is 15.4 Å². The number of halogens is 2.